The van der Waals surface area contributed by atoms with Crippen LogP contribution in [0, 0.1) is 20.8 Å². The van der Waals surface area contributed by atoms with Crippen LogP contribution in [0.4, 0.5) is 0 Å². The monoisotopic (exact) mass is 253 g/mol. The van der Waals surface area contributed by atoms with Crippen LogP contribution in [-0.2, 0) is 6.42 Å². The number of fused-ring (bicyclic) bond motifs is 1. The number of nitrogens with zero attached hydrogens (tertiary/aromatic N) is 1. The van der Waals surface area contributed by atoms with Crippen molar-refractivity contribution in [3.8, 4) is 0 Å². The second kappa shape index (κ2) is 4.56. The van der Waals surface area contributed by atoms with Gasteiger partial charge in [-0.05, 0) is 44.4 Å². The van der Waals surface area contributed by atoms with Gasteiger partial charge < -0.3 is 0 Å². The molecule has 98 valence electrons. The van der Waals surface area contributed by atoms with E-state index in [1.807, 2.05) is 20.8 Å². The van der Waals surface area contributed by atoms with Gasteiger partial charge in [0.15, 0.2) is 0 Å². The summed E-state index contributed by atoms with van der Waals surface area (Å²) < 4.78 is 1.78. The number of rotatable bonds is 2. The fourth-order valence-electron chi connectivity index (χ4n) is 2.80. The highest BCUT2D eigenvalue weighted by Crippen LogP contribution is 2.19. The van der Waals surface area contributed by atoms with E-state index in [2.05, 4.69) is 25.8 Å². The van der Waals surface area contributed by atoms with Crippen LogP contribution in [0.3, 0.4) is 0 Å². The Hall–Kier alpha value is -2.05. The number of hydrogen-bond donors (Lipinski definition) is 0. The molecule has 0 aliphatic rings. The van der Waals surface area contributed by atoms with Gasteiger partial charge in [0.1, 0.15) is 0 Å². The zero-order valence-corrected chi connectivity index (χ0v) is 12.1. The maximum Gasteiger partial charge on any atom is 0.258 e. The topological polar surface area (TPSA) is 21.5 Å². The molecule has 2 aromatic heterocycles. The van der Waals surface area contributed by atoms with E-state index in [0.29, 0.717) is 0 Å². The van der Waals surface area contributed by atoms with Crippen molar-refractivity contribution < 1.29 is 0 Å². The molecule has 19 heavy (non-hydrogen) atoms. The van der Waals surface area contributed by atoms with E-state index in [-0.39, 0.29) is 5.56 Å². The molecule has 2 nitrogen and oxygen atoms in total. The third kappa shape index (κ3) is 1.68. The van der Waals surface area contributed by atoms with E-state index in [4.69, 9.17) is 0 Å². The Morgan fingerprint density at radius 1 is 1.26 bits per heavy atom. The summed E-state index contributed by atoms with van der Waals surface area (Å²) in [6.45, 7) is 15.7. The molecule has 0 spiro atoms. The Morgan fingerprint density at radius 3 is 2.42 bits per heavy atom. The summed E-state index contributed by atoms with van der Waals surface area (Å²) in [6, 6.07) is 0. The lowest BCUT2D eigenvalue weighted by molar-refractivity contribution is 0.980. The zero-order valence-electron chi connectivity index (χ0n) is 12.1. The predicted octanol–water partition coefficient (Wildman–Crippen LogP) is 2.71. The summed E-state index contributed by atoms with van der Waals surface area (Å²) in [4.78, 5) is 12.5. The van der Waals surface area contributed by atoms with Gasteiger partial charge in [-0.1, -0.05) is 20.1 Å². The molecular weight excluding hydrogens is 234 g/mol. The molecule has 0 bridgehead atoms. The molecule has 0 atom stereocenters. The van der Waals surface area contributed by atoms with Gasteiger partial charge in [0.25, 0.3) is 5.56 Å². The van der Waals surface area contributed by atoms with Crippen molar-refractivity contribution in [2.75, 3.05) is 0 Å². The van der Waals surface area contributed by atoms with E-state index in [9.17, 15) is 4.79 Å². The normalized spacial score (nSPS) is 10.7. The summed E-state index contributed by atoms with van der Waals surface area (Å²) in [7, 11) is 0. The van der Waals surface area contributed by atoms with Gasteiger partial charge in [-0.3, -0.25) is 9.20 Å². The van der Waals surface area contributed by atoms with Crippen molar-refractivity contribution in [1.82, 2.24) is 4.40 Å². The standard InChI is InChI=1S/C17H19NO/c1-7-9-15-12(5)16-14(8-2)10(3)11(4)17(19)18(16)13(15)6/h9H,1,5,8H2,2-4,6H3. The highest BCUT2D eigenvalue weighted by molar-refractivity contribution is 5.70. The van der Waals surface area contributed by atoms with Gasteiger partial charge in [0.05, 0.1) is 5.52 Å². The minimum Gasteiger partial charge on any atom is -0.280 e. The van der Waals surface area contributed by atoms with Gasteiger partial charge >= 0.3 is 0 Å². The van der Waals surface area contributed by atoms with Gasteiger partial charge in [-0.2, -0.15) is 0 Å². The average molecular weight is 253 g/mol. The fraction of sp³-hybridized carbons (Fsp3) is 0.294. The molecule has 0 aromatic carbocycles. The summed E-state index contributed by atoms with van der Waals surface area (Å²) in [5.74, 6) is 0. The first-order valence-electron chi connectivity index (χ1n) is 6.47. The first-order chi connectivity index (χ1) is 8.95. The Bertz CT molecular complexity index is 818. The summed E-state index contributed by atoms with van der Waals surface area (Å²) in [5.41, 5.74) is 8.75. The number of hydrogen-bond acceptors (Lipinski definition) is 1. The molecule has 2 rings (SSSR count). The lowest BCUT2D eigenvalue weighted by Crippen LogP contribution is -2.21. The largest absolute Gasteiger partial charge is 0.280 e. The van der Waals surface area contributed by atoms with Gasteiger partial charge in [0.2, 0.25) is 0 Å². The molecule has 2 aromatic rings. The Labute approximate surface area is 113 Å². The minimum atomic E-state index is 0.0517. The molecular formula is C17H19NO. The smallest absolute Gasteiger partial charge is 0.258 e. The maximum absolute atomic E-state index is 12.5. The number of pyridine rings is 1. The lowest BCUT2D eigenvalue weighted by atomic mass is 10.0. The second-order valence-corrected chi connectivity index (χ2v) is 4.90. The van der Waals surface area contributed by atoms with Crippen LogP contribution in [0.15, 0.2) is 17.1 Å². The summed E-state index contributed by atoms with van der Waals surface area (Å²) in [5, 5.41) is 0.894. The molecule has 0 fully saturated rings. The van der Waals surface area contributed by atoms with Crippen LogP contribution in [0.25, 0.3) is 18.2 Å². The average Bonchev–Trinajstić information content (AvgIpc) is 2.62. The maximum atomic E-state index is 12.5. The first kappa shape index (κ1) is 13.4. The highest BCUT2D eigenvalue weighted by atomic mass is 16.1. The molecule has 0 radical (unpaired) electrons. The molecule has 0 saturated heterocycles. The molecule has 2 heterocycles. The Balaban J connectivity index is 3.23. The Kier molecular flexibility index (Phi) is 3.21. The lowest BCUT2D eigenvalue weighted by Gasteiger charge is -2.10. The van der Waals surface area contributed by atoms with Crippen molar-refractivity contribution in [3.05, 3.63) is 55.8 Å². The summed E-state index contributed by atoms with van der Waals surface area (Å²) >= 11 is 0. The van der Waals surface area contributed by atoms with Crippen LogP contribution >= 0.6 is 0 Å². The Morgan fingerprint density at radius 2 is 1.89 bits per heavy atom. The fourth-order valence-corrected chi connectivity index (χ4v) is 2.80. The highest BCUT2D eigenvalue weighted by Gasteiger charge is 2.16. The van der Waals surface area contributed by atoms with Gasteiger partial charge in [0, 0.05) is 22.0 Å². The number of aryl methyl sites for hydroxylation is 2. The molecule has 2 heteroatoms. The van der Waals surface area contributed by atoms with Crippen LogP contribution in [0.2, 0.25) is 0 Å². The molecule has 0 aliphatic heterocycles. The van der Waals surface area contributed by atoms with Crippen LogP contribution < -0.4 is 10.8 Å². The van der Waals surface area contributed by atoms with E-state index in [0.717, 1.165) is 39.5 Å². The quantitative estimate of drug-likeness (QED) is 0.754. The molecule has 0 aliphatic carbocycles. The first-order valence-corrected chi connectivity index (χ1v) is 6.47. The van der Waals surface area contributed by atoms with Crippen LogP contribution in [0.5, 0.6) is 0 Å². The molecule has 0 N–H and O–H groups in total. The SMILES string of the molecule is C=C=Cc1c(C)n2c(=O)c(C)c(C)c(CC)c2c1=C. The van der Waals surface area contributed by atoms with E-state index < -0.39 is 0 Å². The van der Waals surface area contributed by atoms with Crippen molar-refractivity contribution in [3.63, 3.8) is 0 Å². The van der Waals surface area contributed by atoms with Crippen LogP contribution in [0.1, 0.15) is 34.9 Å². The van der Waals surface area contributed by atoms with E-state index >= 15 is 0 Å². The van der Waals surface area contributed by atoms with Gasteiger partial charge in [-0.15, -0.1) is 5.73 Å². The van der Waals surface area contributed by atoms with Crippen molar-refractivity contribution in [2.45, 2.75) is 34.1 Å². The predicted molar refractivity (Wildman–Crippen MR) is 81.6 cm³/mol. The third-order valence-electron chi connectivity index (χ3n) is 3.98. The van der Waals surface area contributed by atoms with E-state index in [1.54, 1.807) is 10.5 Å². The third-order valence-corrected chi connectivity index (χ3v) is 3.98. The van der Waals surface area contributed by atoms with Gasteiger partial charge in [-0.25, -0.2) is 0 Å². The molecule has 0 unspecified atom stereocenters. The minimum absolute atomic E-state index is 0.0517. The summed E-state index contributed by atoms with van der Waals surface area (Å²) in [6.07, 6.45) is 2.69. The van der Waals surface area contributed by atoms with Crippen molar-refractivity contribution >= 4 is 18.2 Å². The van der Waals surface area contributed by atoms with Crippen molar-refractivity contribution in [1.29, 1.82) is 0 Å². The molecule has 0 saturated carbocycles. The van der Waals surface area contributed by atoms with Crippen molar-refractivity contribution in [2.24, 2.45) is 0 Å². The van der Waals surface area contributed by atoms with E-state index in [1.165, 1.54) is 5.56 Å². The zero-order chi connectivity index (χ0) is 14.3. The number of aromatic nitrogens is 1. The molecule has 0 amide bonds. The van der Waals surface area contributed by atoms with Crippen LogP contribution in [-0.4, -0.2) is 4.40 Å². The second-order valence-electron chi connectivity index (χ2n) is 4.90.